The van der Waals surface area contributed by atoms with Gasteiger partial charge in [-0.05, 0) is 19.3 Å². The van der Waals surface area contributed by atoms with Crippen molar-refractivity contribution in [3.05, 3.63) is 12.2 Å². The summed E-state index contributed by atoms with van der Waals surface area (Å²) in [4.78, 5) is 48.4. The highest BCUT2D eigenvalue weighted by Gasteiger charge is 2.51. The van der Waals surface area contributed by atoms with E-state index < -0.39 is 26.8 Å². The molecule has 1 aliphatic carbocycles. The predicted octanol–water partition coefficient (Wildman–Crippen LogP) is 0.758. The Morgan fingerprint density at radius 3 is 2.47 bits per heavy atom. The second-order valence-electron chi connectivity index (χ2n) is 3.82. The number of aliphatic imine (C=N–C) groups is 1. The quantitative estimate of drug-likeness (QED) is 0.295. The Hall–Kier alpha value is -0.130. The molecule has 0 fully saturated rings. The van der Waals surface area contributed by atoms with Gasteiger partial charge in [-0.1, -0.05) is 18.6 Å². The van der Waals surface area contributed by atoms with Gasteiger partial charge in [0.25, 0.3) is 0 Å². The molecule has 1 atom stereocenters. The summed E-state index contributed by atoms with van der Waals surface area (Å²) in [7, 11) is -9.74. The fraction of sp³-hybridized carbons (Fsp3) is 0.625. The Labute approximate surface area is 99.3 Å². The Balaban J connectivity index is 3.01. The minimum Gasteiger partial charge on any atom is -0.317 e. The highest BCUT2D eigenvalue weighted by molar-refractivity contribution is 8.00. The lowest BCUT2D eigenvalue weighted by molar-refractivity contribution is 0.348. The van der Waals surface area contributed by atoms with Gasteiger partial charge < -0.3 is 9.79 Å². The smallest absolute Gasteiger partial charge is 0.317 e. The molecule has 98 valence electrons. The van der Waals surface area contributed by atoms with Crippen molar-refractivity contribution >= 4 is 20.7 Å². The monoisotopic (exact) mass is 284 g/mol. The van der Waals surface area contributed by atoms with Crippen LogP contribution in [-0.2, 0) is 4.57 Å². The van der Waals surface area contributed by atoms with Gasteiger partial charge in [0.15, 0.2) is 0 Å². The minimum atomic E-state index is -4.96. The van der Waals surface area contributed by atoms with Gasteiger partial charge in [-0.3, -0.25) is 0 Å². The topological polar surface area (TPSA) is 131 Å². The molecule has 9 heteroatoms. The van der Waals surface area contributed by atoms with Crippen molar-refractivity contribution in [3.63, 3.8) is 0 Å². The SMILES string of the molecule is O=P(O)(O)C(=NC1C=CCCCC1)[P+](O)(O)O. The van der Waals surface area contributed by atoms with Crippen molar-refractivity contribution in [3.8, 4) is 0 Å². The van der Waals surface area contributed by atoms with Crippen LogP contribution >= 0.6 is 15.5 Å². The van der Waals surface area contributed by atoms with E-state index in [1.807, 2.05) is 6.08 Å². The molecule has 0 heterocycles. The lowest BCUT2D eigenvalue weighted by atomic mass is 10.2. The maximum absolute atomic E-state index is 11.0. The van der Waals surface area contributed by atoms with Crippen LogP contribution in [0.4, 0.5) is 0 Å². The van der Waals surface area contributed by atoms with Gasteiger partial charge in [0, 0.05) is 0 Å². The second-order valence-corrected chi connectivity index (χ2v) is 7.25. The van der Waals surface area contributed by atoms with Crippen LogP contribution in [0.15, 0.2) is 17.1 Å². The van der Waals surface area contributed by atoms with E-state index in [0.717, 1.165) is 19.3 Å². The molecule has 1 rings (SSSR count). The molecule has 0 aromatic heterocycles. The summed E-state index contributed by atoms with van der Waals surface area (Å²) in [6, 6.07) is -0.536. The number of rotatable bonds is 3. The van der Waals surface area contributed by atoms with Crippen LogP contribution in [0.1, 0.15) is 25.7 Å². The Morgan fingerprint density at radius 2 is 1.94 bits per heavy atom. The zero-order valence-corrected chi connectivity index (χ0v) is 10.8. The molecular weight excluding hydrogens is 268 g/mol. The predicted molar refractivity (Wildman–Crippen MR) is 64.5 cm³/mol. The third-order valence-electron chi connectivity index (χ3n) is 2.29. The third kappa shape index (κ3) is 4.94. The average molecular weight is 284 g/mol. The maximum Gasteiger partial charge on any atom is 0.469 e. The van der Waals surface area contributed by atoms with E-state index in [1.54, 1.807) is 6.08 Å². The number of nitrogens with zero attached hydrogens (tertiary/aromatic N) is 1. The van der Waals surface area contributed by atoms with Crippen LogP contribution in [0.25, 0.3) is 0 Å². The van der Waals surface area contributed by atoms with Crippen LogP contribution in [-0.4, -0.2) is 35.7 Å². The number of hydrogen-bond donors (Lipinski definition) is 5. The number of allylic oxidation sites excluding steroid dienone is 1. The van der Waals surface area contributed by atoms with E-state index in [1.165, 1.54) is 0 Å². The van der Waals surface area contributed by atoms with Crippen LogP contribution in [0, 0.1) is 0 Å². The van der Waals surface area contributed by atoms with Crippen molar-refractivity contribution in [2.24, 2.45) is 4.99 Å². The lowest BCUT2D eigenvalue weighted by Crippen LogP contribution is -2.11. The van der Waals surface area contributed by atoms with Gasteiger partial charge in [-0.2, -0.15) is 14.7 Å². The molecule has 0 saturated heterocycles. The van der Waals surface area contributed by atoms with Gasteiger partial charge in [0.05, 0.1) is 6.04 Å². The van der Waals surface area contributed by atoms with E-state index >= 15 is 0 Å². The fourth-order valence-electron chi connectivity index (χ4n) is 1.55. The van der Waals surface area contributed by atoms with Gasteiger partial charge in [-0.15, -0.1) is 0 Å². The van der Waals surface area contributed by atoms with Crippen molar-refractivity contribution in [2.75, 3.05) is 0 Å². The molecule has 5 N–H and O–H groups in total. The molecule has 0 spiro atoms. The summed E-state index contributed by atoms with van der Waals surface area (Å²) >= 11 is 0. The van der Waals surface area contributed by atoms with Gasteiger partial charge in [-0.25, -0.2) is 9.56 Å². The second kappa shape index (κ2) is 5.67. The average Bonchev–Trinajstić information content (AvgIpc) is 2.38. The number of hydrogen-bond acceptors (Lipinski definition) is 5. The molecule has 0 aliphatic heterocycles. The molecule has 1 unspecified atom stereocenters. The van der Waals surface area contributed by atoms with Gasteiger partial charge in [0.2, 0.25) is 0 Å². The first-order valence-electron chi connectivity index (χ1n) is 5.09. The molecule has 0 amide bonds. The summed E-state index contributed by atoms with van der Waals surface area (Å²) in [5.41, 5.74) is 0. The minimum absolute atomic E-state index is 0.536. The van der Waals surface area contributed by atoms with Crippen molar-refractivity contribution in [1.29, 1.82) is 0 Å². The van der Waals surface area contributed by atoms with E-state index in [9.17, 15) is 4.57 Å². The van der Waals surface area contributed by atoms with Crippen molar-refractivity contribution < 1.29 is 29.0 Å². The van der Waals surface area contributed by atoms with Gasteiger partial charge in [0.1, 0.15) is 0 Å². The van der Waals surface area contributed by atoms with E-state index in [4.69, 9.17) is 24.5 Å². The standard InChI is InChI=1S/C8H15NO6P2/c10-16(11,12)8(17(13,14)15)9-7-5-3-1-2-4-6-7/h3,5,7,10-12H,1-2,4,6H2,(H-,13,14,15)/p+1. The molecule has 1 aliphatic rings. The fourth-order valence-corrected chi connectivity index (χ4v) is 3.55. The van der Waals surface area contributed by atoms with E-state index in [-0.39, 0.29) is 0 Å². The zero-order valence-electron chi connectivity index (χ0n) is 9.05. The molecule has 7 nitrogen and oxygen atoms in total. The van der Waals surface area contributed by atoms with Crippen molar-refractivity contribution in [1.82, 2.24) is 0 Å². The van der Waals surface area contributed by atoms with Crippen LogP contribution < -0.4 is 0 Å². The third-order valence-corrected chi connectivity index (χ3v) is 5.16. The first kappa shape index (κ1) is 14.9. The molecule has 0 aromatic carbocycles. The van der Waals surface area contributed by atoms with Crippen LogP contribution in [0.3, 0.4) is 0 Å². The lowest BCUT2D eigenvalue weighted by Gasteiger charge is -2.11. The summed E-state index contributed by atoms with van der Waals surface area (Å²) in [5, 5.41) is -1.21. The summed E-state index contributed by atoms with van der Waals surface area (Å²) in [5.74, 6) is 0. The summed E-state index contributed by atoms with van der Waals surface area (Å²) < 4.78 is 11.0. The summed E-state index contributed by atoms with van der Waals surface area (Å²) in [6.07, 6.45) is 6.66. The molecule has 0 radical (unpaired) electrons. The highest BCUT2D eigenvalue weighted by atomic mass is 31.3. The molecule has 17 heavy (non-hydrogen) atoms. The Kier molecular flexibility index (Phi) is 4.98. The van der Waals surface area contributed by atoms with Crippen LogP contribution in [0.5, 0.6) is 0 Å². The largest absolute Gasteiger partial charge is 0.469 e. The molecule has 0 bridgehead atoms. The molecule has 0 saturated carbocycles. The zero-order chi connectivity index (χ0) is 13.1. The maximum atomic E-state index is 11.0. The Bertz CT molecular complexity index is 369. The summed E-state index contributed by atoms with van der Waals surface area (Å²) in [6.45, 7) is 0. The first-order chi connectivity index (χ1) is 7.71. The van der Waals surface area contributed by atoms with Crippen LogP contribution in [0.2, 0.25) is 0 Å². The Morgan fingerprint density at radius 1 is 1.29 bits per heavy atom. The molecule has 0 aromatic rings. The van der Waals surface area contributed by atoms with Crippen molar-refractivity contribution in [2.45, 2.75) is 31.7 Å². The highest BCUT2D eigenvalue weighted by Crippen LogP contribution is 2.60. The van der Waals surface area contributed by atoms with Gasteiger partial charge >= 0.3 is 20.7 Å². The van der Waals surface area contributed by atoms with E-state index in [0.29, 0.717) is 6.42 Å². The molecular formula is C8H16NO6P2+. The van der Waals surface area contributed by atoms with E-state index in [2.05, 4.69) is 4.99 Å². The normalized spacial score (nSPS) is 23.6. The first-order valence-corrected chi connectivity index (χ1v) is 8.35.